The van der Waals surface area contributed by atoms with Crippen molar-refractivity contribution < 1.29 is 4.42 Å². The molecule has 1 aliphatic heterocycles. The number of hydrogen-bond donors (Lipinski definition) is 0. The SMILES string of the molecule is c1ccc(-c2nc(-c3cccnc3)cc(-c3ccc4c(c3)-c3cc5oc6ccccc6c5cc3Sc3ccccc3-c3ccccc3-c3ccccc3-4)n2)cc1. The minimum absolute atomic E-state index is 0.664. The Labute approximate surface area is 328 Å². The molecule has 262 valence electrons. The fourth-order valence-electron chi connectivity index (χ4n) is 7.98. The number of fused-ring (bicyclic) bond motifs is 12. The zero-order valence-electron chi connectivity index (χ0n) is 30.1. The molecule has 0 saturated heterocycles. The van der Waals surface area contributed by atoms with Crippen LogP contribution < -0.4 is 0 Å². The summed E-state index contributed by atoms with van der Waals surface area (Å²) in [6, 6.07) is 62.2. The number of pyridine rings is 1. The van der Waals surface area contributed by atoms with Gasteiger partial charge in [-0.2, -0.15) is 0 Å². The number of para-hydroxylation sites is 1. The Bertz CT molecular complexity index is 3060. The predicted molar refractivity (Wildman–Crippen MR) is 229 cm³/mol. The van der Waals surface area contributed by atoms with Crippen LogP contribution in [-0.4, -0.2) is 15.0 Å². The van der Waals surface area contributed by atoms with Crippen molar-refractivity contribution in [3.8, 4) is 78.4 Å². The second-order valence-electron chi connectivity index (χ2n) is 14.0. The second-order valence-corrected chi connectivity index (χ2v) is 15.0. The van der Waals surface area contributed by atoms with Gasteiger partial charge >= 0.3 is 0 Å². The Balaban J connectivity index is 1.23. The maximum absolute atomic E-state index is 6.58. The fraction of sp³-hybridized carbons (Fsp3) is 0. The van der Waals surface area contributed by atoms with E-state index >= 15 is 0 Å². The quantitative estimate of drug-likeness (QED) is 0.181. The summed E-state index contributed by atoms with van der Waals surface area (Å²) in [5.74, 6) is 0.664. The molecular weight excluding hydrogens is 703 g/mol. The van der Waals surface area contributed by atoms with Crippen molar-refractivity contribution in [3.63, 3.8) is 0 Å². The first-order chi connectivity index (χ1) is 27.7. The Kier molecular flexibility index (Phi) is 7.71. The van der Waals surface area contributed by atoms with Crippen LogP contribution in [0.4, 0.5) is 0 Å². The average molecular weight is 734 g/mol. The number of furan rings is 1. The third-order valence-corrected chi connectivity index (χ3v) is 11.8. The normalized spacial score (nSPS) is 11.9. The molecule has 4 heterocycles. The van der Waals surface area contributed by atoms with Crippen molar-refractivity contribution in [2.75, 3.05) is 0 Å². The molecule has 1 aliphatic rings. The van der Waals surface area contributed by atoms with Gasteiger partial charge < -0.3 is 4.42 Å². The van der Waals surface area contributed by atoms with Gasteiger partial charge in [0.05, 0.1) is 11.4 Å². The van der Waals surface area contributed by atoms with Gasteiger partial charge in [-0.3, -0.25) is 4.98 Å². The van der Waals surface area contributed by atoms with Gasteiger partial charge in [0, 0.05) is 49.6 Å². The lowest BCUT2D eigenvalue weighted by molar-refractivity contribution is 0.669. The fourth-order valence-corrected chi connectivity index (χ4v) is 9.11. The summed E-state index contributed by atoms with van der Waals surface area (Å²) in [5, 5.41) is 2.21. The minimum atomic E-state index is 0.664. The molecule has 0 unspecified atom stereocenters. The van der Waals surface area contributed by atoms with Gasteiger partial charge in [-0.25, -0.2) is 9.97 Å². The van der Waals surface area contributed by atoms with Gasteiger partial charge in [0.2, 0.25) is 0 Å². The Hall–Kier alpha value is -7.08. The molecule has 0 atom stereocenters. The molecule has 0 radical (unpaired) electrons. The third kappa shape index (κ3) is 5.52. The van der Waals surface area contributed by atoms with Gasteiger partial charge in [-0.05, 0) is 93.0 Å². The van der Waals surface area contributed by atoms with Gasteiger partial charge in [0.1, 0.15) is 11.2 Å². The van der Waals surface area contributed by atoms with Crippen LogP contribution in [0.3, 0.4) is 0 Å². The molecule has 10 aromatic rings. The van der Waals surface area contributed by atoms with E-state index in [1.807, 2.05) is 60.4 Å². The summed E-state index contributed by atoms with van der Waals surface area (Å²) in [6.45, 7) is 0. The highest BCUT2D eigenvalue weighted by Crippen LogP contribution is 2.50. The summed E-state index contributed by atoms with van der Waals surface area (Å²) < 4.78 is 6.58. The maximum atomic E-state index is 6.58. The third-order valence-electron chi connectivity index (χ3n) is 10.6. The molecule has 0 amide bonds. The molecule has 0 bridgehead atoms. The lowest BCUT2D eigenvalue weighted by Gasteiger charge is -2.18. The Morgan fingerprint density at radius 2 is 1.00 bits per heavy atom. The summed E-state index contributed by atoms with van der Waals surface area (Å²) >= 11 is 1.81. The Morgan fingerprint density at radius 3 is 1.75 bits per heavy atom. The largest absolute Gasteiger partial charge is 0.456 e. The summed E-state index contributed by atoms with van der Waals surface area (Å²) in [4.78, 5) is 17.0. The van der Waals surface area contributed by atoms with Gasteiger partial charge in [-0.1, -0.05) is 139 Å². The molecule has 56 heavy (non-hydrogen) atoms. The molecular formula is C51H31N3OS. The number of rotatable bonds is 3. The lowest BCUT2D eigenvalue weighted by Crippen LogP contribution is -1.97. The molecule has 0 spiro atoms. The zero-order chi connectivity index (χ0) is 37.0. The number of nitrogens with zero attached hydrogens (tertiary/aromatic N) is 3. The molecule has 5 heteroatoms. The number of aromatic nitrogens is 3. The van der Waals surface area contributed by atoms with Crippen molar-refractivity contribution in [3.05, 3.63) is 188 Å². The van der Waals surface area contributed by atoms with E-state index in [2.05, 4.69) is 138 Å². The van der Waals surface area contributed by atoms with E-state index in [-0.39, 0.29) is 0 Å². The van der Waals surface area contributed by atoms with Crippen LogP contribution in [0.15, 0.2) is 203 Å². The van der Waals surface area contributed by atoms with E-state index in [9.17, 15) is 0 Å². The monoisotopic (exact) mass is 733 g/mol. The number of hydrogen-bond acceptors (Lipinski definition) is 5. The lowest BCUT2D eigenvalue weighted by atomic mass is 9.85. The summed E-state index contributed by atoms with van der Waals surface area (Å²) in [6.07, 6.45) is 3.64. The van der Waals surface area contributed by atoms with Gasteiger partial charge in [0.25, 0.3) is 0 Å². The average Bonchev–Trinajstić information content (AvgIpc) is 3.63. The highest BCUT2D eigenvalue weighted by molar-refractivity contribution is 7.99. The van der Waals surface area contributed by atoms with Crippen LogP contribution in [0.5, 0.6) is 0 Å². The molecule has 4 nitrogen and oxygen atoms in total. The van der Waals surface area contributed by atoms with Crippen molar-refractivity contribution in [2.24, 2.45) is 0 Å². The van der Waals surface area contributed by atoms with Crippen LogP contribution >= 0.6 is 11.8 Å². The van der Waals surface area contributed by atoms with Gasteiger partial charge in [-0.15, -0.1) is 0 Å². The van der Waals surface area contributed by atoms with Crippen LogP contribution in [0.25, 0.3) is 100 Å². The molecule has 7 aromatic carbocycles. The van der Waals surface area contributed by atoms with Crippen LogP contribution in [-0.2, 0) is 0 Å². The van der Waals surface area contributed by atoms with Gasteiger partial charge in [0.15, 0.2) is 5.82 Å². The molecule has 3 aromatic heterocycles. The summed E-state index contributed by atoms with van der Waals surface area (Å²) in [5.41, 5.74) is 15.5. The maximum Gasteiger partial charge on any atom is 0.160 e. The summed E-state index contributed by atoms with van der Waals surface area (Å²) in [7, 11) is 0. The van der Waals surface area contributed by atoms with Crippen molar-refractivity contribution in [1.29, 1.82) is 0 Å². The van der Waals surface area contributed by atoms with E-state index in [0.29, 0.717) is 5.82 Å². The van der Waals surface area contributed by atoms with E-state index in [1.54, 1.807) is 6.20 Å². The predicted octanol–water partition coefficient (Wildman–Crippen LogP) is 13.9. The van der Waals surface area contributed by atoms with Crippen LogP contribution in [0.2, 0.25) is 0 Å². The molecule has 0 N–H and O–H groups in total. The standard InChI is InChI=1S/C51H31N3OS/c1-2-13-32(14-3-1)51-53-45(30-46(54-51)34-15-12-26-52-31-34)33-24-25-39-37-18-5-4-16-35(37)36-17-6-7-19-38(36)41-21-9-11-23-49(41)56-50-29-43-40-20-8-10-22-47(40)55-48(43)28-44(50)42(39)27-33/h1-31H. The van der Waals surface area contributed by atoms with E-state index in [0.717, 1.165) is 77.2 Å². The highest BCUT2D eigenvalue weighted by atomic mass is 32.2. The molecule has 0 aliphatic carbocycles. The van der Waals surface area contributed by atoms with E-state index in [4.69, 9.17) is 14.4 Å². The van der Waals surface area contributed by atoms with Crippen molar-refractivity contribution in [2.45, 2.75) is 9.79 Å². The Morgan fingerprint density at radius 1 is 0.375 bits per heavy atom. The topological polar surface area (TPSA) is 51.8 Å². The molecule has 11 rings (SSSR count). The van der Waals surface area contributed by atoms with Crippen molar-refractivity contribution >= 4 is 33.7 Å². The van der Waals surface area contributed by atoms with Crippen molar-refractivity contribution in [1.82, 2.24) is 15.0 Å². The van der Waals surface area contributed by atoms with E-state index in [1.165, 1.54) is 27.1 Å². The number of benzene rings is 7. The van der Waals surface area contributed by atoms with Crippen LogP contribution in [0.1, 0.15) is 0 Å². The highest BCUT2D eigenvalue weighted by Gasteiger charge is 2.23. The molecule has 0 fully saturated rings. The van der Waals surface area contributed by atoms with Crippen LogP contribution in [0, 0.1) is 0 Å². The first kappa shape index (κ1) is 32.4. The van der Waals surface area contributed by atoms with E-state index < -0.39 is 0 Å². The smallest absolute Gasteiger partial charge is 0.160 e. The first-order valence-corrected chi connectivity index (χ1v) is 19.5. The minimum Gasteiger partial charge on any atom is -0.456 e. The molecule has 0 saturated carbocycles. The first-order valence-electron chi connectivity index (χ1n) is 18.7. The zero-order valence-corrected chi connectivity index (χ0v) is 30.9. The second kappa shape index (κ2) is 13.3.